The molecule has 154 valence electrons. The molecule has 29 heavy (non-hydrogen) atoms. The second-order valence-electron chi connectivity index (χ2n) is 6.29. The van der Waals surface area contributed by atoms with E-state index < -0.39 is 28.5 Å². The lowest BCUT2D eigenvalue weighted by Crippen LogP contribution is -2.26. The van der Waals surface area contributed by atoms with Gasteiger partial charge in [0.05, 0.1) is 31.2 Å². The van der Waals surface area contributed by atoms with Crippen molar-refractivity contribution < 1.29 is 22.7 Å². The first-order chi connectivity index (χ1) is 13.7. The van der Waals surface area contributed by atoms with E-state index in [4.69, 9.17) is 39.5 Å². The topological polar surface area (TPSA) is 102 Å². The zero-order chi connectivity index (χ0) is 21.2. The SMILES string of the molecule is O=C(COC(=O)c1cccc(S(=O)(=O)NC2CC2)c1)Nc1cc(Cl)c(Cl)cc1Cl. The molecule has 11 heteroatoms. The summed E-state index contributed by atoms with van der Waals surface area (Å²) in [5.74, 6) is -1.50. The van der Waals surface area contributed by atoms with Gasteiger partial charge in [-0.1, -0.05) is 40.9 Å². The Morgan fingerprint density at radius 1 is 1.03 bits per heavy atom. The fourth-order valence-corrected chi connectivity index (χ4v) is 4.24. The second-order valence-corrected chi connectivity index (χ2v) is 9.23. The molecular formula is C18H15Cl3N2O5S. The Morgan fingerprint density at radius 2 is 1.72 bits per heavy atom. The lowest BCUT2D eigenvalue weighted by Gasteiger charge is -2.10. The Morgan fingerprint density at radius 3 is 2.41 bits per heavy atom. The average Bonchev–Trinajstić information content (AvgIpc) is 3.47. The van der Waals surface area contributed by atoms with E-state index in [1.165, 1.54) is 36.4 Å². The van der Waals surface area contributed by atoms with Crippen LogP contribution in [0.2, 0.25) is 15.1 Å². The van der Waals surface area contributed by atoms with Gasteiger partial charge in [0.2, 0.25) is 10.0 Å². The molecule has 0 aromatic heterocycles. The highest BCUT2D eigenvalue weighted by molar-refractivity contribution is 7.89. The van der Waals surface area contributed by atoms with Crippen LogP contribution in [0.15, 0.2) is 41.3 Å². The summed E-state index contributed by atoms with van der Waals surface area (Å²) in [6.45, 7) is -0.604. The highest BCUT2D eigenvalue weighted by Crippen LogP contribution is 2.32. The molecule has 0 atom stereocenters. The third kappa shape index (κ3) is 5.83. The first kappa shape index (κ1) is 21.9. The van der Waals surface area contributed by atoms with Gasteiger partial charge in [-0.05, 0) is 43.2 Å². The van der Waals surface area contributed by atoms with Crippen molar-refractivity contribution in [2.75, 3.05) is 11.9 Å². The number of nitrogens with one attached hydrogen (secondary N) is 2. The van der Waals surface area contributed by atoms with Crippen LogP contribution >= 0.6 is 34.8 Å². The van der Waals surface area contributed by atoms with Crippen LogP contribution in [-0.2, 0) is 19.6 Å². The molecular weight excluding hydrogens is 463 g/mol. The summed E-state index contributed by atoms with van der Waals surface area (Å²) in [7, 11) is -3.71. The van der Waals surface area contributed by atoms with Crippen LogP contribution < -0.4 is 10.0 Å². The summed E-state index contributed by atoms with van der Waals surface area (Å²) >= 11 is 17.7. The number of rotatable bonds is 7. The molecule has 2 N–H and O–H groups in total. The Labute approximate surface area is 182 Å². The van der Waals surface area contributed by atoms with E-state index in [0.717, 1.165) is 12.8 Å². The van der Waals surface area contributed by atoms with E-state index in [0.29, 0.717) is 0 Å². The van der Waals surface area contributed by atoms with Gasteiger partial charge in [-0.2, -0.15) is 0 Å². The maximum Gasteiger partial charge on any atom is 0.338 e. The monoisotopic (exact) mass is 476 g/mol. The van der Waals surface area contributed by atoms with Crippen LogP contribution in [0, 0.1) is 0 Å². The smallest absolute Gasteiger partial charge is 0.338 e. The number of esters is 1. The van der Waals surface area contributed by atoms with Crippen LogP contribution in [0.1, 0.15) is 23.2 Å². The summed E-state index contributed by atoms with van der Waals surface area (Å²) < 4.78 is 32.0. The predicted molar refractivity (Wildman–Crippen MR) is 110 cm³/mol. The standard InChI is InChI=1S/C18H15Cl3N2O5S/c19-13-7-15(21)16(8-14(13)20)22-17(24)9-28-18(25)10-2-1-3-12(6-10)29(26,27)23-11-4-5-11/h1-3,6-8,11,23H,4-5,9H2,(H,22,24). The molecule has 0 heterocycles. The molecule has 0 saturated heterocycles. The summed E-state index contributed by atoms with van der Waals surface area (Å²) in [4.78, 5) is 24.2. The summed E-state index contributed by atoms with van der Waals surface area (Å²) in [6.07, 6.45) is 1.58. The molecule has 1 aliphatic rings. The van der Waals surface area contributed by atoms with E-state index in [1.54, 1.807) is 0 Å². The normalized spacial score (nSPS) is 13.8. The van der Waals surface area contributed by atoms with Crippen LogP contribution in [-0.4, -0.2) is 32.9 Å². The zero-order valence-corrected chi connectivity index (χ0v) is 17.8. The van der Waals surface area contributed by atoms with Gasteiger partial charge in [0.1, 0.15) is 0 Å². The molecule has 0 aliphatic heterocycles. The molecule has 2 aromatic carbocycles. The summed E-state index contributed by atoms with van der Waals surface area (Å²) in [6, 6.07) is 8.07. The van der Waals surface area contributed by atoms with E-state index in [9.17, 15) is 18.0 Å². The third-order valence-electron chi connectivity index (χ3n) is 3.90. The number of amides is 1. The number of halogens is 3. The number of benzene rings is 2. The van der Waals surface area contributed by atoms with Crippen molar-refractivity contribution in [2.24, 2.45) is 0 Å². The fraction of sp³-hybridized carbons (Fsp3) is 0.222. The predicted octanol–water partition coefficient (Wildman–Crippen LogP) is 3.88. The maximum atomic E-state index is 12.3. The molecule has 0 unspecified atom stereocenters. The van der Waals surface area contributed by atoms with Gasteiger partial charge in [0.25, 0.3) is 5.91 Å². The van der Waals surface area contributed by atoms with Crippen molar-refractivity contribution in [3.8, 4) is 0 Å². The van der Waals surface area contributed by atoms with Gasteiger partial charge >= 0.3 is 5.97 Å². The molecule has 0 bridgehead atoms. The maximum absolute atomic E-state index is 12.3. The molecule has 1 saturated carbocycles. The fourth-order valence-electron chi connectivity index (χ4n) is 2.30. The molecule has 0 radical (unpaired) electrons. The summed E-state index contributed by atoms with van der Waals surface area (Å²) in [5.41, 5.74) is 0.213. The first-order valence-electron chi connectivity index (χ1n) is 8.39. The Bertz CT molecular complexity index is 1070. The molecule has 1 amide bonds. The van der Waals surface area contributed by atoms with Crippen LogP contribution in [0.5, 0.6) is 0 Å². The van der Waals surface area contributed by atoms with Gasteiger partial charge < -0.3 is 10.1 Å². The van der Waals surface area contributed by atoms with Crippen molar-refractivity contribution in [2.45, 2.75) is 23.8 Å². The molecule has 1 aliphatic carbocycles. The third-order valence-corrected chi connectivity index (χ3v) is 6.45. The quantitative estimate of drug-likeness (QED) is 0.465. The van der Waals surface area contributed by atoms with E-state index in [-0.39, 0.29) is 37.3 Å². The van der Waals surface area contributed by atoms with Gasteiger partial charge in [-0.3, -0.25) is 4.79 Å². The van der Waals surface area contributed by atoms with E-state index in [1.807, 2.05) is 0 Å². The number of sulfonamides is 1. The number of hydrogen-bond donors (Lipinski definition) is 2. The molecule has 7 nitrogen and oxygen atoms in total. The number of anilines is 1. The van der Waals surface area contributed by atoms with Crippen molar-refractivity contribution in [3.05, 3.63) is 57.0 Å². The number of hydrogen-bond acceptors (Lipinski definition) is 5. The molecule has 2 aromatic rings. The van der Waals surface area contributed by atoms with Crippen LogP contribution in [0.3, 0.4) is 0 Å². The van der Waals surface area contributed by atoms with Gasteiger partial charge in [0, 0.05) is 6.04 Å². The van der Waals surface area contributed by atoms with Crippen molar-refractivity contribution in [3.63, 3.8) is 0 Å². The van der Waals surface area contributed by atoms with E-state index >= 15 is 0 Å². The highest BCUT2D eigenvalue weighted by atomic mass is 35.5. The molecule has 1 fully saturated rings. The minimum atomic E-state index is -3.71. The average molecular weight is 478 g/mol. The lowest BCUT2D eigenvalue weighted by molar-refractivity contribution is -0.119. The van der Waals surface area contributed by atoms with Gasteiger partial charge in [-0.15, -0.1) is 0 Å². The van der Waals surface area contributed by atoms with Crippen molar-refractivity contribution in [1.82, 2.24) is 4.72 Å². The van der Waals surface area contributed by atoms with Crippen molar-refractivity contribution >= 4 is 62.4 Å². The Balaban J connectivity index is 1.61. The van der Waals surface area contributed by atoms with Crippen molar-refractivity contribution in [1.29, 1.82) is 0 Å². The van der Waals surface area contributed by atoms with Gasteiger partial charge in [-0.25, -0.2) is 17.9 Å². The molecule has 0 spiro atoms. The van der Waals surface area contributed by atoms with E-state index in [2.05, 4.69) is 10.0 Å². The number of carbonyl (C=O) groups excluding carboxylic acids is 2. The number of ether oxygens (including phenoxy) is 1. The minimum absolute atomic E-state index is 0.00374. The highest BCUT2D eigenvalue weighted by Gasteiger charge is 2.28. The largest absolute Gasteiger partial charge is 0.452 e. The number of carbonyl (C=O) groups is 2. The zero-order valence-electron chi connectivity index (χ0n) is 14.7. The first-order valence-corrected chi connectivity index (χ1v) is 11.0. The lowest BCUT2D eigenvalue weighted by atomic mass is 10.2. The van der Waals surface area contributed by atoms with Crippen LogP contribution in [0.25, 0.3) is 0 Å². The Hall–Kier alpha value is -1.84. The van der Waals surface area contributed by atoms with Crippen LogP contribution in [0.4, 0.5) is 5.69 Å². The summed E-state index contributed by atoms with van der Waals surface area (Å²) in [5, 5.41) is 3.04. The van der Waals surface area contributed by atoms with Gasteiger partial charge in [0.15, 0.2) is 6.61 Å². The minimum Gasteiger partial charge on any atom is -0.452 e. The Kier molecular flexibility index (Phi) is 6.70. The molecule has 3 rings (SSSR count). The second kappa shape index (κ2) is 8.89.